The first-order valence-corrected chi connectivity index (χ1v) is 12.1. The second-order valence-corrected chi connectivity index (χ2v) is 10.6. The number of hydrogen-bond acceptors (Lipinski definition) is 4. The molecule has 172 valence electrons. The zero-order chi connectivity index (χ0) is 24.0. The molecule has 2 aromatic rings. The van der Waals surface area contributed by atoms with Crippen molar-refractivity contribution in [3.63, 3.8) is 0 Å². The van der Waals surface area contributed by atoms with Crippen molar-refractivity contribution in [2.45, 2.75) is 58.9 Å². The number of likely N-dealkylation sites (N-methyl/N-ethyl adjacent to an activating group) is 1. The van der Waals surface area contributed by atoms with Crippen LogP contribution >= 0.6 is 0 Å². The molecule has 32 heavy (non-hydrogen) atoms. The monoisotopic (exact) mass is 457 g/mol. The molecule has 0 radical (unpaired) electrons. The van der Waals surface area contributed by atoms with Crippen LogP contribution in [0.5, 0.6) is 0 Å². The van der Waals surface area contributed by atoms with Crippen LogP contribution in [-0.4, -0.2) is 44.2 Å². The number of fused-ring (bicyclic) bond motifs is 1. The Balaban J connectivity index is 1.98. The van der Waals surface area contributed by atoms with Crippen LogP contribution in [-0.2, 0) is 19.6 Å². The fraction of sp³-hybridized carbons (Fsp3) is 0.417. The highest BCUT2D eigenvalue weighted by Gasteiger charge is 2.34. The Morgan fingerprint density at radius 2 is 1.56 bits per heavy atom. The molecule has 1 N–H and O–H groups in total. The number of hydrogen-bond donors (Lipinski definition) is 1. The molecule has 0 saturated carbocycles. The minimum absolute atomic E-state index is 0.130. The maximum Gasteiger partial charge on any atom is 0.243 e. The summed E-state index contributed by atoms with van der Waals surface area (Å²) >= 11 is 0. The normalized spacial score (nSPS) is 16.6. The Morgan fingerprint density at radius 3 is 2.16 bits per heavy atom. The van der Waals surface area contributed by atoms with Gasteiger partial charge in [-0.3, -0.25) is 9.59 Å². The third-order valence-corrected chi connectivity index (χ3v) is 8.66. The van der Waals surface area contributed by atoms with Crippen molar-refractivity contribution in [1.29, 1.82) is 0 Å². The molecule has 7 nitrogen and oxygen atoms in total. The maximum absolute atomic E-state index is 13.5. The lowest BCUT2D eigenvalue weighted by atomic mass is 9.95. The second-order valence-electron chi connectivity index (χ2n) is 8.60. The van der Waals surface area contributed by atoms with Crippen LogP contribution in [0.1, 0.15) is 41.2 Å². The highest BCUT2D eigenvalue weighted by atomic mass is 32.2. The highest BCUT2D eigenvalue weighted by molar-refractivity contribution is 7.89. The molecule has 1 heterocycles. The summed E-state index contributed by atoms with van der Waals surface area (Å²) in [5.74, 6) is -0.568. The lowest BCUT2D eigenvalue weighted by Gasteiger charge is -2.30. The number of anilines is 2. The Bertz CT molecular complexity index is 1170. The summed E-state index contributed by atoms with van der Waals surface area (Å²) < 4.78 is 28.2. The number of carbonyl (C=O) groups excluding carboxylic acids is 2. The van der Waals surface area contributed by atoms with Crippen molar-refractivity contribution in [3.8, 4) is 0 Å². The molecule has 0 fully saturated rings. The average Bonchev–Trinajstić information content (AvgIpc) is 2.84. The number of sulfonamides is 1. The van der Waals surface area contributed by atoms with Gasteiger partial charge >= 0.3 is 0 Å². The van der Waals surface area contributed by atoms with E-state index in [1.165, 1.54) is 11.9 Å². The number of amides is 2. The van der Waals surface area contributed by atoms with E-state index >= 15 is 0 Å². The Kier molecular flexibility index (Phi) is 6.49. The molecular weight excluding hydrogens is 426 g/mol. The van der Waals surface area contributed by atoms with Crippen molar-refractivity contribution >= 4 is 33.2 Å². The van der Waals surface area contributed by atoms with Gasteiger partial charge in [0.2, 0.25) is 21.8 Å². The summed E-state index contributed by atoms with van der Waals surface area (Å²) in [6.07, 6.45) is 0.130. The molecule has 0 unspecified atom stereocenters. The Morgan fingerprint density at radius 1 is 1.03 bits per heavy atom. The topological polar surface area (TPSA) is 86.8 Å². The number of carbonyl (C=O) groups is 2. The van der Waals surface area contributed by atoms with E-state index in [0.717, 1.165) is 21.0 Å². The maximum atomic E-state index is 13.5. The smallest absolute Gasteiger partial charge is 0.243 e. The lowest BCUT2D eigenvalue weighted by molar-refractivity contribution is -0.119. The zero-order valence-corrected chi connectivity index (χ0v) is 20.6. The van der Waals surface area contributed by atoms with Crippen LogP contribution in [0.4, 0.5) is 11.4 Å². The van der Waals surface area contributed by atoms with Crippen molar-refractivity contribution in [1.82, 2.24) is 4.31 Å². The van der Waals surface area contributed by atoms with Gasteiger partial charge in [0, 0.05) is 19.5 Å². The van der Waals surface area contributed by atoms with Gasteiger partial charge in [-0.2, -0.15) is 4.31 Å². The van der Waals surface area contributed by atoms with E-state index in [1.54, 1.807) is 31.2 Å². The van der Waals surface area contributed by atoms with E-state index < -0.39 is 16.1 Å². The van der Waals surface area contributed by atoms with Crippen LogP contribution in [0.25, 0.3) is 0 Å². The van der Waals surface area contributed by atoms with Crippen LogP contribution in [0.3, 0.4) is 0 Å². The van der Waals surface area contributed by atoms with E-state index in [2.05, 4.69) is 5.32 Å². The van der Waals surface area contributed by atoms with E-state index in [0.29, 0.717) is 22.5 Å². The summed E-state index contributed by atoms with van der Waals surface area (Å²) in [7, 11) is -2.48. The fourth-order valence-electron chi connectivity index (χ4n) is 4.33. The summed E-state index contributed by atoms with van der Waals surface area (Å²) in [6.45, 7) is 10.9. The molecule has 0 aliphatic carbocycles. The Labute approximate surface area is 190 Å². The third-order valence-electron chi connectivity index (χ3n) is 6.59. The Hall–Kier alpha value is -2.71. The number of para-hydroxylation sites is 2. The largest absolute Gasteiger partial charge is 0.324 e. The fourth-order valence-corrected chi connectivity index (χ4v) is 6.00. The van der Waals surface area contributed by atoms with Crippen molar-refractivity contribution in [2.24, 2.45) is 0 Å². The van der Waals surface area contributed by atoms with Crippen molar-refractivity contribution < 1.29 is 18.0 Å². The minimum atomic E-state index is -3.91. The number of rotatable bonds is 4. The molecule has 0 bridgehead atoms. The molecule has 0 saturated heterocycles. The molecule has 0 spiro atoms. The first-order valence-electron chi connectivity index (χ1n) is 10.6. The van der Waals surface area contributed by atoms with Gasteiger partial charge in [-0.25, -0.2) is 8.42 Å². The van der Waals surface area contributed by atoms with E-state index in [1.807, 2.05) is 34.6 Å². The molecule has 8 heteroatoms. The molecule has 3 rings (SSSR count). The summed E-state index contributed by atoms with van der Waals surface area (Å²) in [4.78, 5) is 27.3. The van der Waals surface area contributed by atoms with Gasteiger partial charge in [0.15, 0.2) is 0 Å². The standard InChI is InChI=1S/C24H31N3O4S/c1-14-12-22(28)25-20-10-8-9-11-21(20)27(14)23(29)13-26(7)32(30,31)24-18(5)16(3)15(2)17(4)19(24)6/h8-11,14H,12-13H2,1-7H3,(H,25,28)/t14-/m1/s1. The predicted molar refractivity (Wildman–Crippen MR) is 127 cm³/mol. The summed E-state index contributed by atoms with van der Waals surface area (Å²) in [5, 5.41) is 2.82. The summed E-state index contributed by atoms with van der Waals surface area (Å²) in [5.41, 5.74) is 5.46. The molecule has 2 aromatic carbocycles. The molecule has 1 aliphatic rings. The zero-order valence-electron chi connectivity index (χ0n) is 19.7. The minimum Gasteiger partial charge on any atom is -0.324 e. The first-order chi connectivity index (χ1) is 14.9. The van der Waals surface area contributed by atoms with Crippen LogP contribution in [0.15, 0.2) is 29.2 Å². The molecule has 0 aromatic heterocycles. The average molecular weight is 458 g/mol. The third kappa shape index (κ3) is 4.04. The van der Waals surface area contributed by atoms with Crippen molar-refractivity contribution in [3.05, 3.63) is 52.1 Å². The highest BCUT2D eigenvalue weighted by Crippen LogP contribution is 2.33. The molecular formula is C24H31N3O4S. The quantitative estimate of drug-likeness (QED) is 0.760. The first kappa shape index (κ1) is 23.9. The van der Waals surface area contributed by atoms with Gasteiger partial charge < -0.3 is 10.2 Å². The second kappa shape index (κ2) is 8.67. The lowest BCUT2D eigenvalue weighted by Crippen LogP contribution is -2.45. The van der Waals surface area contributed by atoms with Gasteiger partial charge in [0.05, 0.1) is 22.8 Å². The van der Waals surface area contributed by atoms with Crippen molar-refractivity contribution in [2.75, 3.05) is 23.8 Å². The predicted octanol–water partition coefficient (Wildman–Crippen LogP) is 3.61. The van der Waals surface area contributed by atoms with Gasteiger partial charge in [-0.1, -0.05) is 12.1 Å². The molecule has 1 aliphatic heterocycles. The number of nitrogens with zero attached hydrogens (tertiary/aromatic N) is 2. The van der Waals surface area contributed by atoms with Gasteiger partial charge in [-0.05, 0) is 81.5 Å². The van der Waals surface area contributed by atoms with E-state index in [9.17, 15) is 18.0 Å². The van der Waals surface area contributed by atoms with Crippen LogP contribution in [0, 0.1) is 34.6 Å². The molecule has 1 atom stereocenters. The summed E-state index contributed by atoms with van der Waals surface area (Å²) in [6, 6.07) is 6.65. The number of benzene rings is 2. The van der Waals surface area contributed by atoms with E-state index in [-0.39, 0.29) is 29.7 Å². The van der Waals surface area contributed by atoms with Crippen LogP contribution in [0.2, 0.25) is 0 Å². The molecule has 2 amide bonds. The van der Waals surface area contributed by atoms with Gasteiger partial charge in [0.1, 0.15) is 0 Å². The number of nitrogens with one attached hydrogen (secondary N) is 1. The van der Waals surface area contributed by atoms with Gasteiger partial charge in [0.25, 0.3) is 0 Å². The van der Waals surface area contributed by atoms with Gasteiger partial charge in [-0.15, -0.1) is 0 Å². The van der Waals surface area contributed by atoms with E-state index in [4.69, 9.17) is 0 Å². The SMILES string of the molecule is Cc1c(C)c(C)c(S(=O)(=O)N(C)CC(=O)N2c3ccccc3NC(=O)C[C@H]2C)c(C)c1C. The van der Waals surface area contributed by atoms with Crippen LogP contribution < -0.4 is 10.2 Å².